The van der Waals surface area contributed by atoms with Gasteiger partial charge < -0.3 is 10.1 Å². The Morgan fingerprint density at radius 1 is 1.60 bits per heavy atom. The van der Waals surface area contributed by atoms with Crippen LogP contribution in [0.5, 0.6) is 0 Å². The first-order chi connectivity index (χ1) is 7.15. The number of carbonyl (C=O) groups is 2. The van der Waals surface area contributed by atoms with E-state index in [0.717, 1.165) is 5.75 Å². The van der Waals surface area contributed by atoms with Crippen LogP contribution in [0.15, 0.2) is 0 Å². The summed E-state index contributed by atoms with van der Waals surface area (Å²) in [4.78, 5) is 22.2. The number of amides is 1. The van der Waals surface area contributed by atoms with E-state index in [4.69, 9.17) is 10.00 Å². The van der Waals surface area contributed by atoms with Crippen molar-refractivity contribution in [3.63, 3.8) is 0 Å². The summed E-state index contributed by atoms with van der Waals surface area (Å²) >= 11 is 1.56. The SMILES string of the molecule is CCOC(=O)[C@H](CCSC)NC(=O)C#N. The number of nitrogens with zero attached hydrogens (tertiary/aromatic N) is 1. The van der Waals surface area contributed by atoms with Gasteiger partial charge in [-0.1, -0.05) is 0 Å². The monoisotopic (exact) mass is 230 g/mol. The second kappa shape index (κ2) is 8.12. The lowest BCUT2D eigenvalue weighted by molar-refractivity contribution is -0.147. The van der Waals surface area contributed by atoms with Gasteiger partial charge in [0.05, 0.1) is 6.61 Å². The number of hydrogen-bond acceptors (Lipinski definition) is 5. The van der Waals surface area contributed by atoms with Gasteiger partial charge in [0, 0.05) is 0 Å². The lowest BCUT2D eigenvalue weighted by Gasteiger charge is -2.14. The topological polar surface area (TPSA) is 79.2 Å². The van der Waals surface area contributed by atoms with Crippen LogP contribution in [0.2, 0.25) is 0 Å². The van der Waals surface area contributed by atoms with Crippen LogP contribution in [0, 0.1) is 11.3 Å². The largest absolute Gasteiger partial charge is 0.464 e. The van der Waals surface area contributed by atoms with Crippen molar-refractivity contribution in [1.29, 1.82) is 5.26 Å². The Morgan fingerprint density at radius 2 is 2.27 bits per heavy atom. The smallest absolute Gasteiger partial charge is 0.328 e. The zero-order valence-corrected chi connectivity index (χ0v) is 9.60. The molecule has 0 bridgehead atoms. The Morgan fingerprint density at radius 3 is 2.73 bits per heavy atom. The number of nitrogens with one attached hydrogen (secondary N) is 1. The lowest BCUT2D eigenvalue weighted by atomic mass is 10.2. The van der Waals surface area contributed by atoms with E-state index in [9.17, 15) is 9.59 Å². The molecule has 0 aliphatic heterocycles. The Balaban J connectivity index is 4.24. The number of esters is 1. The first-order valence-corrected chi connectivity index (χ1v) is 5.91. The summed E-state index contributed by atoms with van der Waals surface area (Å²) in [6.45, 7) is 1.95. The molecule has 1 amide bonds. The number of thioether (sulfide) groups is 1. The fourth-order valence-electron chi connectivity index (χ4n) is 0.918. The van der Waals surface area contributed by atoms with Gasteiger partial charge in [-0.25, -0.2) is 4.79 Å². The Hall–Kier alpha value is -1.22. The maximum absolute atomic E-state index is 11.3. The van der Waals surface area contributed by atoms with Crippen LogP contribution in [0.25, 0.3) is 0 Å². The number of nitriles is 1. The summed E-state index contributed by atoms with van der Waals surface area (Å²) in [6.07, 6.45) is 2.36. The molecule has 1 N–H and O–H groups in total. The minimum absolute atomic E-state index is 0.261. The molecule has 0 aromatic carbocycles. The van der Waals surface area contributed by atoms with Gasteiger partial charge in [-0.15, -0.1) is 0 Å². The van der Waals surface area contributed by atoms with E-state index in [1.54, 1.807) is 18.7 Å². The first kappa shape index (κ1) is 13.8. The quantitative estimate of drug-likeness (QED) is 0.525. The molecule has 84 valence electrons. The molecule has 0 saturated carbocycles. The zero-order chi connectivity index (χ0) is 11.7. The van der Waals surface area contributed by atoms with Crippen LogP contribution in [-0.2, 0) is 14.3 Å². The van der Waals surface area contributed by atoms with E-state index in [-0.39, 0.29) is 6.61 Å². The summed E-state index contributed by atoms with van der Waals surface area (Å²) in [5, 5.41) is 10.6. The molecular formula is C9H14N2O3S. The van der Waals surface area contributed by atoms with Gasteiger partial charge >= 0.3 is 11.9 Å². The van der Waals surface area contributed by atoms with Gasteiger partial charge in [-0.05, 0) is 25.4 Å². The summed E-state index contributed by atoms with van der Waals surface area (Å²) in [6, 6.07) is 0.686. The highest BCUT2D eigenvalue weighted by molar-refractivity contribution is 7.98. The minimum atomic E-state index is -0.811. The van der Waals surface area contributed by atoms with E-state index >= 15 is 0 Å². The highest BCUT2D eigenvalue weighted by Crippen LogP contribution is 2.02. The predicted molar refractivity (Wildman–Crippen MR) is 57.2 cm³/mol. The molecule has 0 radical (unpaired) electrons. The average molecular weight is 230 g/mol. The Kier molecular flexibility index (Phi) is 7.46. The number of ether oxygens (including phenoxy) is 1. The molecule has 15 heavy (non-hydrogen) atoms. The molecule has 0 saturated heterocycles. The van der Waals surface area contributed by atoms with Crippen LogP contribution < -0.4 is 5.32 Å². The molecule has 0 heterocycles. The molecule has 0 aromatic heterocycles. The zero-order valence-electron chi connectivity index (χ0n) is 8.78. The second-order valence-electron chi connectivity index (χ2n) is 2.67. The minimum Gasteiger partial charge on any atom is -0.464 e. The van der Waals surface area contributed by atoms with Gasteiger partial charge in [-0.3, -0.25) is 4.79 Å². The van der Waals surface area contributed by atoms with E-state index in [2.05, 4.69) is 5.32 Å². The number of hydrogen-bond donors (Lipinski definition) is 1. The van der Waals surface area contributed by atoms with Crippen molar-refractivity contribution in [1.82, 2.24) is 5.32 Å². The molecule has 0 rings (SSSR count). The van der Waals surface area contributed by atoms with Gasteiger partial charge in [0.15, 0.2) is 6.07 Å². The fourth-order valence-corrected chi connectivity index (χ4v) is 1.39. The molecule has 0 unspecified atom stereocenters. The molecule has 0 aliphatic carbocycles. The molecule has 1 atom stereocenters. The molecule has 0 aromatic rings. The fraction of sp³-hybridized carbons (Fsp3) is 0.667. The molecule has 0 fully saturated rings. The molecule has 0 spiro atoms. The Bertz CT molecular complexity index is 263. The highest BCUT2D eigenvalue weighted by atomic mass is 32.2. The van der Waals surface area contributed by atoms with Crippen molar-refractivity contribution in [2.75, 3.05) is 18.6 Å². The predicted octanol–water partition coefficient (Wildman–Crippen LogP) is 0.311. The lowest BCUT2D eigenvalue weighted by Crippen LogP contribution is -2.41. The Labute approximate surface area is 93.2 Å². The van der Waals surface area contributed by atoms with Crippen LogP contribution in [-0.4, -0.2) is 36.5 Å². The van der Waals surface area contributed by atoms with Crippen LogP contribution in [0.1, 0.15) is 13.3 Å². The maximum atomic E-state index is 11.3. The van der Waals surface area contributed by atoms with Crippen molar-refractivity contribution in [3.05, 3.63) is 0 Å². The van der Waals surface area contributed by atoms with Gasteiger partial charge in [0.1, 0.15) is 6.04 Å². The van der Waals surface area contributed by atoms with Gasteiger partial charge in [0.2, 0.25) is 0 Å². The second-order valence-corrected chi connectivity index (χ2v) is 3.66. The molecule has 6 heteroatoms. The summed E-state index contributed by atoms with van der Waals surface area (Å²) < 4.78 is 4.77. The average Bonchev–Trinajstić information content (AvgIpc) is 2.24. The number of carbonyl (C=O) groups excluding carboxylic acids is 2. The molecular weight excluding hydrogens is 216 g/mol. The summed E-state index contributed by atoms with van der Waals surface area (Å²) in [5.74, 6) is -0.584. The molecule has 5 nitrogen and oxygen atoms in total. The van der Waals surface area contributed by atoms with E-state index in [0.29, 0.717) is 6.42 Å². The van der Waals surface area contributed by atoms with Gasteiger partial charge in [-0.2, -0.15) is 17.0 Å². The maximum Gasteiger partial charge on any atom is 0.328 e. The molecule has 0 aliphatic rings. The van der Waals surface area contributed by atoms with Crippen molar-refractivity contribution in [2.45, 2.75) is 19.4 Å². The van der Waals surface area contributed by atoms with E-state index in [1.807, 2.05) is 6.26 Å². The third-order valence-electron chi connectivity index (χ3n) is 1.59. The summed E-state index contributed by atoms with van der Waals surface area (Å²) in [5.41, 5.74) is 0. The van der Waals surface area contributed by atoms with Crippen molar-refractivity contribution in [3.8, 4) is 6.07 Å². The summed E-state index contributed by atoms with van der Waals surface area (Å²) in [7, 11) is 0. The van der Waals surface area contributed by atoms with Crippen LogP contribution in [0.3, 0.4) is 0 Å². The third-order valence-corrected chi connectivity index (χ3v) is 2.23. The first-order valence-electron chi connectivity index (χ1n) is 4.51. The van der Waals surface area contributed by atoms with E-state index < -0.39 is 17.9 Å². The van der Waals surface area contributed by atoms with Crippen molar-refractivity contribution >= 4 is 23.6 Å². The normalized spacial score (nSPS) is 11.3. The number of rotatable bonds is 6. The van der Waals surface area contributed by atoms with Crippen LogP contribution >= 0.6 is 11.8 Å². The van der Waals surface area contributed by atoms with E-state index in [1.165, 1.54) is 6.07 Å². The highest BCUT2D eigenvalue weighted by Gasteiger charge is 2.21. The standard InChI is InChI=1S/C9H14N2O3S/c1-3-14-9(13)7(4-5-15-2)11-8(12)6-10/h7H,3-5H2,1-2H3,(H,11,12)/t7-/m0/s1. The third kappa shape index (κ3) is 5.96. The van der Waals surface area contributed by atoms with Crippen molar-refractivity contribution in [2.24, 2.45) is 0 Å². The van der Waals surface area contributed by atoms with Crippen LogP contribution in [0.4, 0.5) is 0 Å². The van der Waals surface area contributed by atoms with Gasteiger partial charge in [0.25, 0.3) is 0 Å². The van der Waals surface area contributed by atoms with Crippen molar-refractivity contribution < 1.29 is 14.3 Å².